The van der Waals surface area contributed by atoms with E-state index in [9.17, 15) is 27.9 Å². The highest BCUT2D eigenvalue weighted by Crippen LogP contribution is 2.63. The number of ether oxygens (including phenoxy) is 1. The number of halogens is 3. The van der Waals surface area contributed by atoms with Gasteiger partial charge in [-0.15, -0.1) is 0 Å². The summed E-state index contributed by atoms with van der Waals surface area (Å²) in [5, 5.41) is 16.5. The summed E-state index contributed by atoms with van der Waals surface area (Å²) in [5.74, 6) is -4.56. The van der Waals surface area contributed by atoms with Crippen molar-refractivity contribution in [3.05, 3.63) is 112 Å². The molecule has 0 spiro atoms. The van der Waals surface area contributed by atoms with E-state index in [1.165, 1.54) is 42.5 Å². The molecule has 0 fully saturated rings. The lowest BCUT2D eigenvalue weighted by atomic mass is 9.70. The third-order valence-electron chi connectivity index (χ3n) is 7.48. The van der Waals surface area contributed by atoms with Gasteiger partial charge in [0.2, 0.25) is 0 Å². The van der Waals surface area contributed by atoms with Crippen LogP contribution in [0.4, 0.5) is 13.2 Å². The lowest BCUT2D eigenvalue weighted by Gasteiger charge is -2.33. The van der Waals surface area contributed by atoms with Gasteiger partial charge in [0.05, 0.1) is 11.3 Å². The third-order valence-corrected chi connectivity index (χ3v) is 7.48. The van der Waals surface area contributed by atoms with E-state index in [1.54, 1.807) is 30.3 Å². The van der Waals surface area contributed by atoms with Crippen molar-refractivity contribution in [1.82, 2.24) is 9.78 Å². The zero-order valence-electron chi connectivity index (χ0n) is 20.8. The maximum absolute atomic E-state index is 14.6. The molecular formula is C29H22F3N3O4. The van der Waals surface area contributed by atoms with Crippen LogP contribution in [0.25, 0.3) is 5.69 Å². The molecule has 1 amide bonds. The van der Waals surface area contributed by atoms with E-state index in [0.717, 1.165) is 5.56 Å². The van der Waals surface area contributed by atoms with E-state index >= 15 is 0 Å². The van der Waals surface area contributed by atoms with E-state index in [4.69, 9.17) is 10.5 Å². The Morgan fingerprint density at radius 3 is 2.33 bits per heavy atom. The van der Waals surface area contributed by atoms with E-state index in [-0.39, 0.29) is 34.0 Å². The minimum absolute atomic E-state index is 0.0178. The molecule has 1 aliphatic carbocycles. The van der Waals surface area contributed by atoms with Crippen molar-refractivity contribution >= 4 is 11.7 Å². The number of carbonyl (C=O) groups excluding carboxylic acids is 2. The Morgan fingerprint density at radius 1 is 1.03 bits per heavy atom. The molecule has 0 radical (unpaired) electrons. The van der Waals surface area contributed by atoms with Crippen molar-refractivity contribution in [3.63, 3.8) is 0 Å². The number of rotatable bonds is 4. The number of alkyl halides is 3. The van der Waals surface area contributed by atoms with Crippen molar-refractivity contribution < 1.29 is 32.6 Å². The van der Waals surface area contributed by atoms with Crippen LogP contribution in [0, 0.1) is 0 Å². The van der Waals surface area contributed by atoms with Gasteiger partial charge in [-0.1, -0.05) is 68.4 Å². The number of benzene rings is 3. The summed E-state index contributed by atoms with van der Waals surface area (Å²) in [6, 6.07) is 18.3. The molecule has 2 unspecified atom stereocenters. The van der Waals surface area contributed by atoms with Gasteiger partial charge in [-0.2, -0.15) is 18.3 Å². The summed E-state index contributed by atoms with van der Waals surface area (Å²) < 4.78 is 50.6. The molecule has 6 rings (SSSR count). The third kappa shape index (κ3) is 3.12. The zero-order valence-corrected chi connectivity index (χ0v) is 20.8. The minimum atomic E-state index is -5.10. The van der Waals surface area contributed by atoms with E-state index < -0.39 is 46.0 Å². The highest BCUT2D eigenvalue weighted by molar-refractivity contribution is 6.14. The number of primary amides is 1. The highest BCUT2D eigenvalue weighted by atomic mass is 19.4. The number of para-hydroxylation sites is 1. The molecule has 0 saturated heterocycles. The van der Waals surface area contributed by atoms with Gasteiger partial charge >= 0.3 is 6.18 Å². The number of aliphatic hydroxyl groups is 1. The van der Waals surface area contributed by atoms with Gasteiger partial charge in [0, 0.05) is 16.7 Å². The molecule has 198 valence electrons. The summed E-state index contributed by atoms with van der Waals surface area (Å²) in [7, 11) is 0. The van der Waals surface area contributed by atoms with Gasteiger partial charge < -0.3 is 15.6 Å². The van der Waals surface area contributed by atoms with Gasteiger partial charge in [0.15, 0.2) is 16.9 Å². The molecule has 1 aromatic heterocycles. The number of nitrogens with two attached hydrogens (primary N) is 1. The van der Waals surface area contributed by atoms with Crippen molar-refractivity contribution in [2.24, 2.45) is 5.73 Å². The Balaban J connectivity index is 1.78. The van der Waals surface area contributed by atoms with Crippen molar-refractivity contribution in [2.75, 3.05) is 0 Å². The van der Waals surface area contributed by atoms with Crippen LogP contribution < -0.4 is 10.5 Å². The molecule has 4 aromatic rings. The topological polar surface area (TPSA) is 107 Å². The molecule has 10 heteroatoms. The molecule has 0 bridgehead atoms. The lowest BCUT2D eigenvalue weighted by Crippen LogP contribution is -2.51. The van der Waals surface area contributed by atoms with Gasteiger partial charge in [-0.25, -0.2) is 4.68 Å². The van der Waals surface area contributed by atoms with E-state index in [2.05, 4.69) is 5.10 Å². The fourth-order valence-electron chi connectivity index (χ4n) is 5.75. The quantitative estimate of drug-likeness (QED) is 0.391. The SMILES string of the molecule is CC(C)c1ccc2c(c1)OC1(O)c3ccccc3C(=O)C21c1nn(-c2ccccc2)c(C(F)(F)F)c1C(N)=O. The Bertz CT molecular complexity index is 1680. The summed E-state index contributed by atoms with van der Waals surface area (Å²) in [5.41, 5.74) is 1.13. The number of hydrogen-bond acceptors (Lipinski definition) is 5. The van der Waals surface area contributed by atoms with Crippen LogP contribution in [-0.4, -0.2) is 26.6 Å². The van der Waals surface area contributed by atoms with Gasteiger partial charge in [0.1, 0.15) is 11.4 Å². The molecule has 2 heterocycles. The first-order valence-electron chi connectivity index (χ1n) is 12.2. The van der Waals surface area contributed by atoms with Crippen LogP contribution >= 0.6 is 0 Å². The Hall–Kier alpha value is -4.44. The maximum atomic E-state index is 14.6. The summed E-state index contributed by atoms with van der Waals surface area (Å²) >= 11 is 0. The molecule has 0 saturated carbocycles. The number of hydrogen-bond donors (Lipinski definition) is 2. The summed E-state index contributed by atoms with van der Waals surface area (Å²) in [6.07, 6.45) is -5.10. The van der Waals surface area contributed by atoms with Crippen LogP contribution in [0.5, 0.6) is 5.75 Å². The number of amides is 1. The molecule has 1 aliphatic heterocycles. The number of aromatic nitrogens is 2. The summed E-state index contributed by atoms with van der Waals surface area (Å²) in [4.78, 5) is 27.2. The van der Waals surface area contributed by atoms with Crippen molar-refractivity contribution in [2.45, 2.75) is 37.1 Å². The van der Waals surface area contributed by atoms with Crippen LogP contribution in [0.2, 0.25) is 0 Å². The van der Waals surface area contributed by atoms with Crippen LogP contribution in [0.1, 0.15) is 68.6 Å². The monoisotopic (exact) mass is 533 g/mol. The lowest BCUT2D eigenvalue weighted by molar-refractivity contribution is -0.155. The standard InChI is InChI=1S/C29H22F3N3O4/c1-15(2)16-12-13-20-21(14-16)39-28(38)19-11-7-6-10-18(19)25(36)27(20,28)23-22(26(33)37)24(29(30,31)32)35(34-23)17-8-4-3-5-9-17/h3-15,38H,1-2H3,(H2,33,37). The van der Waals surface area contributed by atoms with E-state index in [1.807, 2.05) is 13.8 Å². The zero-order chi connectivity index (χ0) is 27.9. The molecule has 3 aromatic carbocycles. The number of ketones is 1. The first kappa shape index (κ1) is 24.9. The second kappa shape index (κ2) is 8.03. The fourth-order valence-corrected chi connectivity index (χ4v) is 5.75. The minimum Gasteiger partial charge on any atom is -0.456 e. The largest absolute Gasteiger partial charge is 0.456 e. The normalized spacial score (nSPS) is 21.5. The molecule has 3 N–H and O–H groups in total. The maximum Gasteiger partial charge on any atom is 0.434 e. The van der Waals surface area contributed by atoms with Crippen molar-refractivity contribution in [1.29, 1.82) is 0 Å². The first-order valence-corrected chi connectivity index (χ1v) is 12.2. The van der Waals surface area contributed by atoms with Crippen molar-refractivity contribution in [3.8, 4) is 11.4 Å². The number of nitrogens with zero attached hydrogens (tertiary/aromatic N) is 2. The average Bonchev–Trinajstić information content (AvgIpc) is 3.48. The van der Waals surface area contributed by atoms with Gasteiger partial charge in [0.25, 0.3) is 11.7 Å². The van der Waals surface area contributed by atoms with Crippen LogP contribution in [-0.2, 0) is 17.4 Å². The van der Waals surface area contributed by atoms with Crippen LogP contribution in [0.15, 0.2) is 72.8 Å². The first-order chi connectivity index (χ1) is 18.4. The van der Waals surface area contributed by atoms with Gasteiger partial charge in [-0.05, 0) is 29.7 Å². The average molecular weight is 534 g/mol. The number of Topliss-reactive ketones (excluding diaryl/α,β-unsaturated/α-hetero) is 1. The number of carbonyl (C=O) groups is 2. The second-order valence-corrected chi connectivity index (χ2v) is 9.96. The molecule has 39 heavy (non-hydrogen) atoms. The molecule has 2 aliphatic rings. The molecule has 7 nitrogen and oxygen atoms in total. The Labute approximate surface area is 220 Å². The second-order valence-electron chi connectivity index (χ2n) is 9.96. The Kier molecular flexibility index (Phi) is 5.12. The smallest absolute Gasteiger partial charge is 0.434 e. The van der Waals surface area contributed by atoms with Crippen LogP contribution in [0.3, 0.4) is 0 Å². The number of fused-ring (bicyclic) bond motifs is 5. The highest BCUT2D eigenvalue weighted by Gasteiger charge is 2.74. The fraction of sp³-hybridized carbons (Fsp3) is 0.207. The van der Waals surface area contributed by atoms with Gasteiger partial charge in [-0.3, -0.25) is 9.59 Å². The Morgan fingerprint density at radius 2 is 1.69 bits per heavy atom. The van der Waals surface area contributed by atoms with E-state index in [0.29, 0.717) is 4.68 Å². The molecule has 2 atom stereocenters. The predicted octanol–water partition coefficient (Wildman–Crippen LogP) is 4.83. The predicted molar refractivity (Wildman–Crippen MR) is 134 cm³/mol. The molecular weight excluding hydrogens is 511 g/mol. The summed E-state index contributed by atoms with van der Waals surface area (Å²) in [6.45, 7) is 3.87.